The normalized spacial score (nSPS) is 12.7. The fourth-order valence-corrected chi connectivity index (χ4v) is 6.39. The molecule has 1 aromatic heterocycles. The molecule has 226 valence electrons. The van der Waals surface area contributed by atoms with Crippen molar-refractivity contribution in [2.75, 3.05) is 6.54 Å². The lowest BCUT2D eigenvalue weighted by atomic mass is 9.85. The van der Waals surface area contributed by atoms with Crippen LogP contribution in [-0.2, 0) is 28.2 Å². The fraction of sp³-hybridized carbons (Fsp3) is 0.343. The van der Waals surface area contributed by atoms with Gasteiger partial charge in [0.05, 0.1) is 17.2 Å². The first kappa shape index (κ1) is 31.9. The van der Waals surface area contributed by atoms with Gasteiger partial charge >= 0.3 is 5.97 Å². The molecule has 0 radical (unpaired) electrons. The highest BCUT2D eigenvalue weighted by Gasteiger charge is 2.40. The van der Waals surface area contributed by atoms with Crippen molar-refractivity contribution in [2.24, 2.45) is 5.73 Å². The number of nitrogens with one attached hydrogen (secondary N) is 1. The molecule has 0 bridgehead atoms. The maximum Gasteiger partial charge on any atom is 0.317 e. The third-order valence-electron chi connectivity index (χ3n) is 7.80. The van der Waals surface area contributed by atoms with E-state index in [1.807, 2.05) is 36.6 Å². The highest BCUT2D eigenvalue weighted by molar-refractivity contribution is 7.10. The average molecular weight is 600 g/mol. The third-order valence-corrected chi connectivity index (χ3v) is 8.65. The van der Waals surface area contributed by atoms with Gasteiger partial charge in [-0.3, -0.25) is 14.9 Å². The van der Waals surface area contributed by atoms with Gasteiger partial charge in [-0.1, -0.05) is 81.3 Å². The number of hydrogen-bond acceptors (Lipinski definition) is 6. The first-order valence-corrected chi connectivity index (χ1v) is 15.7. The van der Waals surface area contributed by atoms with Crippen LogP contribution in [0.25, 0.3) is 11.3 Å². The van der Waals surface area contributed by atoms with Crippen molar-refractivity contribution in [1.82, 2.24) is 10.3 Å². The summed E-state index contributed by atoms with van der Waals surface area (Å²) in [4.78, 5) is 29.0. The van der Waals surface area contributed by atoms with E-state index in [1.165, 1.54) is 42.6 Å². The van der Waals surface area contributed by atoms with Crippen LogP contribution in [0.1, 0.15) is 72.7 Å². The third kappa shape index (κ3) is 8.09. The smallest absolute Gasteiger partial charge is 0.317 e. The van der Waals surface area contributed by atoms with Crippen LogP contribution in [0.15, 0.2) is 78.2 Å². The number of rotatable bonds is 16. The van der Waals surface area contributed by atoms with Crippen molar-refractivity contribution in [3.8, 4) is 17.0 Å². The first-order chi connectivity index (χ1) is 20.8. The summed E-state index contributed by atoms with van der Waals surface area (Å²) < 4.78 is 6.13. The van der Waals surface area contributed by atoms with Crippen LogP contribution < -0.4 is 15.8 Å². The summed E-state index contributed by atoms with van der Waals surface area (Å²) in [7, 11) is 0. The van der Waals surface area contributed by atoms with Crippen LogP contribution in [0.4, 0.5) is 0 Å². The molecule has 3 aromatic carbocycles. The molecule has 0 fully saturated rings. The van der Waals surface area contributed by atoms with Crippen molar-refractivity contribution in [3.63, 3.8) is 0 Å². The van der Waals surface area contributed by atoms with Crippen LogP contribution in [0.3, 0.4) is 0 Å². The summed E-state index contributed by atoms with van der Waals surface area (Å²) in [6.07, 6.45) is 4.95. The number of amides is 1. The van der Waals surface area contributed by atoms with Gasteiger partial charge in [0.25, 0.3) is 0 Å². The van der Waals surface area contributed by atoms with Gasteiger partial charge in [-0.25, -0.2) is 4.98 Å². The molecule has 0 spiro atoms. The molecular formula is C35H41N3O4S. The Morgan fingerprint density at radius 2 is 1.72 bits per heavy atom. The second kappa shape index (κ2) is 14.9. The predicted octanol–water partition coefficient (Wildman–Crippen LogP) is 6.98. The molecule has 0 saturated carbocycles. The van der Waals surface area contributed by atoms with Gasteiger partial charge in [-0.15, -0.1) is 11.3 Å². The fourth-order valence-electron chi connectivity index (χ4n) is 5.52. The number of primary amides is 1. The standard InChI is InChI=1S/C35H41N3O4S/c1-4-9-26(10-5-2)27-15-13-25(14-16-27)22-42-29-17-18-30(24(3)19-29)31-23-43-32(38-31)20-35(34(36)41,37-21-33(39)40)28-11-7-6-8-12-28/h6-8,11-19,23,26,37H,4-5,9-10,20-22H2,1-3H3,(H2,36,41)(H,39,40). The zero-order valence-electron chi connectivity index (χ0n) is 25.1. The Balaban J connectivity index is 1.47. The minimum atomic E-state index is -1.41. The lowest BCUT2D eigenvalue weighted by Gasteiger charge is -2.31. The first-order valence-electron chi connectivity index (χ1n) is 14.8. The van der Waals surface area contributed by atoms with Crippen molar-refractivity contribution < 1.29 is 19.4 Å². The maximum atomic E-state index is 12.8. The minimum absolute atomic E-state index is 0.126. The Kier molecular flexibility index (Phi) is 11.1. The molecule has 0 aliphatic heterocycles. The lowest BCUT2D eigenvalue weighted by molar-refractivity contribution is -0.136. The van der Waals surface area contributed by atoms with Crippen LogP contribution in [0.5, 0.6) is 5.75 Å². The van der Waals surface area contributed by atoms with Crippen molar-refractivity contribution >= 4 is 23.2 Å². The van der Waals surface area contributed by atoms with E-state index in [-0.39, 0.29) is 6.42 Å². The number of carbonyl (C=O) groups excluding carboxylic acids is 1. The molecule has 0 aliphatic carbocycles. The number of ether oxygens (including phenoxy) is 1. The second-order valence-corrected chi connectivity index (χ2v) is 11.9. The average Bonchev–Trinajstić information content (AvgIpc) is 3.46. The number of aliphatic carboxylic acids is 1. The molecule has 43 heavy (non-hydrogen) atoms. The Bertz CT molecular complexity index is 1500. The Labute approximate surface area is 258 Å². The highest BCUT2D eigenvalue weighted by Crippen LogP contribution is 2.32. The van der Waals surface area contributed by atoms with Crippen LogP contribution >= 0.6 is 11.3 Å². The van der Waals surface area contributed by atoms with Gasteiger partial charge in [0.1, 0.15) is 17.9 Å². The molecule has 1 amide bonds. The second-order valence-electron chi connectivity index (χ2n) is 11.0. The van der Waals surface area contributed by atoms with Gasteiger partial charge in [0.2, 0.25) is 5.91 Å². The summed E-state index contributed by atoms with van der Waals surface area (Å²) in [5.41, 5.74) is 10.4. The SMILES string of the molecule is CCCC(CCC)c1ccc(COc2ccc(-c3csc(CC(NCC(=O)O)(C(N)=O)c4ccccc4)n3)c(C)c2)cc1. The number of aromatic nitrogens is 1. The molecular weight excluding hydrogens is 558 g/mol. The Hall–Kier alpha value is -4.01. The van der Waals surface area contributed by atoms with E-state index in [2.05, 4.69) is 43.4 Å². The maximum absolute atomic E-state index is 12.8. The number of nitrogens with zero attached hydrogens (tertiary/aromatic N) is 1. The molecule has 4 N–H and O–H groups in total. The molecule has 4 aromatic rings. The monoisotopic (exact) mass is 599 g/mol. The van der Waals surface area contributed by atoms with Crippen LogP contribution in [0.2, 0.25) is 0 Å². The van der Waals surface area contributed by atoms with Crippen LogP contribution in [-0.4, -0.2) is 28.5 Å². The van der Waals surface area contributed by atoms with Crippen molar-refractivity contribution in [3.05, 3.63) is 105 Å². The van der Waals surface area contributed by atoms with Gasteiger partial charge in [0.15, 0.2) is 0 Å². The van der Waals surface area contributed by atoms with E-state index >= 15 is 0 Å². The van der Waals surface area contributed by atoms with E-state index in [4.69, 9.17) is 15.5 Å². The van der Waals surface area contributed by atoms with E-state index in [0.29, 0.717) is 23.1 Å². The number of carboxylic acid groups (broad SMARTS) is 1. The summed E-state index contributed by atoms with van der Waals surface area (Å²) in [5, 5.41) is 14.8. The van der Waals surface area contributed by atoms with Gasteiger partial charge in [0, 0.05) is 17.4 Å². The zero-order chi connectivity index (χ0) is 30.8. The number of aryl methyl sites for hydroxylation is 1. The van der Waals surface area contributed by atoms with Gasteiger partial charge in [-0.05, 0) is 66.1 Å². The lowest BCUT2D eigenvalue weighted by Crippen LogP contribution is -2.55. The zero-order valence-corrected chi connectivity index (χ0v) is 26.0. The summed E-state index contributed by atoms with van der Waals surface area (Å²) >= 11 is 1.41. The minimum Gasteiger partial charge on any atom is -0.489 e. The van der Waals surface area contributed by atoms with E-state index < -0.39 is 24.0 Å². The number of nitrogens with two attached hydrogens (primary N) is 1. The van der Waals surface area contributed by atoms with Gasteiger partial charge < -0.3 is 15.6 Å². The topological polar surface area (TPSA) is 115 Å². The number of carbonyl (C=O) groups is 2. The van der Waals surface area contributed by atoms with Gasteiger partial charge in [-0.2, -0.15) is 0 Å². The quantitative estimate of drug-likeness (QED) is 0.128. The summed E-state index contributed by atoms with van der Waals surface area (Å²) in [6.45, 7) is 6.58. The molecule has 1 atom stereocenters. The van der Waals surface area contributed by atoms with E-state index in [1.54, 1.807) is 24.3 Å². The Morgan fingerprint density at radius 3 is 2.33 bits per heavy atom. The van der Waals surface area contributed by atoms with E-state index in [0.717, 1.165) is 28.1 Å². The molecule has 7 nitrogen and oxygen atoms in total. The number of benzene rings is 3. The number of carboxylic acids is 1. The van der Waals surface area contributed by atoms with E-state index in [9.17, 15) is 14.7 Å². The number of hydrogen-bond donors (Lipinski definition) is 3. The number of thiazole rings is 1. The molecule has 0 saturated heterocycles. The highest BCUT2D eigenvalue weighted by atomic mass is 32.1. The summed E-state index contributed by atoms with van der Waals surface area (Å²) in [6, 6.07) is 23.7. The molecule has 0 aliphatic rings. The summed E-state index contributed by atoms with van der Waals surface area (Å²) in [5.74, 6) is -0.335. The Morgan fingerprint density at radius 1 is 1.02 bits per heavy atom. The van der Waals surface area contributed by atoms with Crippen molar-refractivity contribution in [2.45, 2.75) is 70.9 Å². The molecule has 8 heteroatoms. The molecule has 4 rings (SSSR count). The van der Waals surface area contributed by atoms with Crippen LogP contribution in [0, 0.1) is 6.92 Å². The molecule has 1 heterocycles. The van der Waals surface area contributed by atoms with Crippen molar-refractivity contribution in [1.29, 1.82) is 0 Å². The predicted molar refractivity (Wildman–Crippen MR) is 172 cm³/mol. The molecule has 1 unspecified atom stereocenters. The largest absolute Gasteiger partial charge is 0.489 e.